The van der Waals surface area contributed by atoms with Crippen LogP contribution in [0.2, 0.25) is 0 Å². The van der Waals surface area contributed by atoms with Gasteiger partial charge in [0.05, 0.1) is 5.60 Å². The van der Waals surface area contributed by atoms with Crippen molar-refractivity contribution in [1.82, 2.24) is 0 Å². The van der Waals surface area contributed by atoms with Crippen molar-refractivity contribution in [3.63, 3.8) is 0 Å². The average molecular weight is 235 g/mol. The molecule has 1 aromatic rings. The van der Waals surface area contributed by atoms with Gasteiger partial charge in [-0.25, -0.2) is 0 Å². The summed E-state index contributed by atoms with van der Waals surface area (Å²) in [6.07, 6.45) is 0. The van der Waals surface area contributed by atoms with E-state index in [2.05, 4.69) is 44.7 Å². The first kappa shape index (κ1) is 14.0. The number of para-hydroxylation sites is 1. The number of benzene rings is 1. The minimum Gasteiger partial charge on any atom is -0.388 e. The lowest BCUT2D eigenvalue weighted by atomic mass is 9.80. The van der Waals surface area contributed by atoms with Crippen LogP contribution in [-0.2, 0) is 0 Å². The van der Waals surface area contributed by atoms with Crippen molar-refractivity contribution in [3.8, 4) is 0 Å². The van der Waals surface area contributed by atoms with E-state index in [1.54, 1.807) is 0 Å². The number of hydrogen-bond donors (Lipinski definition) is 1. The fourth-order valence-corrected chi connectivity index (χ4v) is 2.19. The number of hydrogen-bond acceptors (Lipinski definition) is 2. The molecule has 0 aromatic heterocycles. The van der Waals surface area contributed by atoms with Gasteiger partial charge in [0.15, 0.2) is 0 Å². The maximum Gasteiger partial charge on any atom is 0.0867 e. The van der Waals surface area contributed by atoms with E-state index in [9.17, 15) is 5.11 Å². The molecule has 0 spiro atoms. The molecule has 0 saturated carbocycles. The van der Waals surface area contributed by atoms with Crippen LogP contribution in [0, 0.1) is 11.8 Å². The van der Waals surface area contributed by atoms with E-state index in [0.29, 0.717) is 6.54 Å². The van der Waals surface area contributed by atoms with E-state index < -0.39 is 5.60 Å². The lowest BCUT2D eigenvalue weighted by Gasteiger charge is -2.40. The molecule has 0 aliphatic heterocycles. The normalized spacial score (nSPS) is 12.2. The maximum atomic E-state index is 10.8. The predicted molar refractivity (Wildman–Crippen MR) is 74.3 cm³/mol. The minimum absolute atomic E-state index is 0.244. The van der Waals surface area contributed by atoms with Gasteiger partial charge in [-0.15, -0.1) is 0 Å². The largest absolute Gasteiger partial charge is 0.388 e. The second-order valence-corrected chi connectivity index (χ2v) is 5.49. The zero-order chi connectivity index (χ0) is 13.1. The summed E-state index contributed by atoms with van der Waals surface area (Å²) in [6.45, 7) is 8.99. The van der Waals surface area contributed by atoms with Crippen molar-refractivity contribution >= 4 is 5.69 Å². The molecule has 0 amide bonds. The number of anilines is 1. The number of rotatable bonds is 5. The van der Waals surface area contributed by atoms with E-state index in [1.807, 2.05) is 25.2 Å². The molecule has 1 aromatic carbocycles. The Kier molecular flexibility index (Phi) is 4.58. The lowest BCUT2D eigenvalue weighted by molar-refractivity contribution is -0.0386. The van der Waals surface area contributed by atoms with Gasteiger partial charge in [0.2, 0.25) is 0 Å². The minimum atomic E-state index is -0.648. The van der Waals surface area contributed by atoms with Crippen LogP contribution >= 0.6 is 0 Å². The quantitative estimate of drug-likeness (QED) is 0.847. The third kappa shape index (κ3) is 3.22. The first-order valence-corrected chi connectivity index (χ1v) is 6.36. The van der Waals surface area contributed by atoms with Crippen LogP contribution in [0.5, 0.6) is 0 Å². The fourth-order valence-electron chi connectivity index (χ4n) is 2.19. The van der Waals surface area contributed by atoms with Crippen molar-refractivity contribution in [2.24, 2.45) is 11.8 Å². The third-order valence-corrected chi connectivity index (χ3v) is 3.69. The summed E-state index contributed by atoms with van der Waals surface area (Å²) in [5.41, 5.74) is 0.497. The zero-order valence-electron chi connectivity index (χ0n) is 11.6. The standard InChI is InChI=1S/C15H25NO/c1-12(2)15(17,13(3)4)11-16(5)14-9-7-6-8-10-14/h6-10,12-13,17H,11H2,1-5H3. The second kappa shape index (κ2) is 5.54. The van der Waals surface area contributed by atoms with Gasteiger partial charge in [-0.05, 0) is 24.0 Å². The van der Waals surface area contributed by atoms with Crippen LogP contribution < -0.4 is 4.90 Å². The lowest BCUT2D eigenvalue weighted by Crippen LogP contribution is -2.49. The van der Waals surface area contributed by atoms with E-state index in [1.165, 1.54) is 0 Å². The molecular weight excluding hydrogens is 210 g/mol. The Hall–Kier alpha value is -1.02. The summed E-state index contributed by atoms with van der Waals surface area (Å²) in [7, 11) is 2.03. The highest BCUT2D eigenvalue weighted by Gasteiger charge is 2.35. The van der Waals surface area contributed by atoms with E-state index >= 15 is 0 Å². The molecule has 17 heavy (non-hydrogen) atoms. The average Bonchev–Trinajstić information content (AvgIpc) is 2.29. The Morgan fingerprint density at radius 1 is 1.06 bits per heavy atom. The van der Waals surface area contributed by atoms with Crippen molar-refractivity contribution in [1.29, 1.82) is 0 Å². The first-order chi connectivity index (χ1) is 7.88. The van der Waals surface area contributed by atoms with E-state index in [0.717, 1.165) is 5.69 Å². The van der Waals surface area contributed by atoms with Crippen LogP contribution in [0.1, 0.15) is 27.7 Å². The second-order valence-electron chi connectivity index (χ2n) is 5.49. The molecule has 0 fully saturated rings. The molecule has 1 rings (SSSR count). The molecule has 2 heteroatoms. The van der Waals surface area contributed by atoms with Crippen molar-refractivity contribution < 1.29 is 5.11 Å². The van der Waals surface area contributed by atoms with Crippen molar-refractivity contribution in [2.45, 2.75) is 33.3 Å². The SMILES string of the molecule is CC(C)C(O)(CN(C)c1ccccc1)C(C)C. The summed E-state index contributed by atoms with van der Waals surface area (Å²) in [6, 6.07) is 10.2. The van der Waals surface area contributed by atoms with Gasteiger partial charge < -0.3 is 10.0 Å². The monoisotopic (exact) mass is 235 g/mol. The number of nitrogens with zero attached hydrogens (tertiary/aromatic N) is 1. The van der Waals surface area contributed by atoms with Gasteiger partial charge >= 0.3 is 0 Å². The summed E-state index contributed by atoms with van der Waals surface area (Å²) in [5.74, 6) is 0.488. The highest BCUT2D eigenvalue weighted by Crippen LogP contribution is 2.28. The Balaban J connectivity index is 2.82. The molecule has 0 unspecified atom stereocenters. The molecule has 0 bridgehead atoms. The molecular formula is C15H25NO. The molecule has 0 saturated heterocycles. The molecule has 0 aliphatic rings. The molecule has 0 radical (unpaired) electrons. The summed E-state index contributed by atoms with van der Waals surface area (Å²) in [5, 5.41) is 10.8. The van der Waals surface area contributed by atoms with Crippen LogP contribution in [0.15, 0.2) is 30.3 Å². The van der Waals surface area contributed by atoms with Gasteiger partial charge in [0, 0.05) is 19.3 Å². The van der Waals surface area contributed by atoms with Crippen LogP contribution in [0.4, 0.5) is 5.69 Å². The zero-order valence-corrected chi connectivity index (χ0v) is 11.6. The van der Waals surface area contributed by atoms with Crippen LogP contribution in [0.25, 0.3) is 0 Å². The molecule has 2 nitrogen and oxygen atoms in total. The highest BCUT2D eigenvalue weighted by atomic mass is 16.3. The van der Waals surface area contributed by atoms with Gasteiger partial charge in [0.1, 0.15) is 0 Å². The van der Waals surface area contributed by atoms with Gasteiger partial charge in [0.25, 0.3) is 0 Å². The van der Waals surface area contributed by atoms with Crippen molar-refractivity contribution in [2.75, 3.05) is 18.5 Å². The number of aliphatic hydroxyl groups is 1. The highest BCUT2D eigenvalue weighted by molar-refractivity contribution is 5.45. The molecule has 0 aliphatic carbocycles. The van der Waals surface area contributed by atoms with Crippen LogP contribution in [-0.4, -0.2) is 24.3 Å². The smallest absolute Gasteiger partial charge is 0.0867 e. The van der Waals surface area contributed by atoms with E-state index in [4.69, 9.17) is 0 Å². The molecule has 96 valence electrons. The maximum absolute atomic E-state index is 10.8. The van der Waals surface area contributed by atoms with Gasteiger partial charge in [-0.2, -0.15) is 0 Å². The van der Waals surface area contributed by atoms with Gasteiger partial charge in [-0.3, -0.25) is 0 Å². The fraction of sp³-hybridized carbons (Fsp3) is 0.600. The van der Waals surface area contributed by atoms with E-state index in [-0.39, 0.29) is 11.8 Å². The Morgan fingerprint density at radius 3 is 1.94 bits per heavy atom. The summed E-state index contributed by atoms with van der Waals surface area (Å²) < 4.78 is 0. The topological polar surface area (TPSA) is 23.5 Å². The van der Waals surface area contributed by atoms with Gasteiger partial charge in [-0.1, -0.05) is 45.9 Å². The third-order valence-electron chi connectivity index (χ3n) is 3.69. The summed E-state index contributed by atoms with van der Waals surface area (Å²) >= 11 is 0. The van der Waals surface area contributed by atoms with Crippen molar-refractivity contribution in [3.05, 3.63) is 30.3 Å². The summed E-state index contributed by atoms with van der Waals surface area (Å²) in [4.78, 5) is 2.12. The predicted octanol–water partition coefficient (Wildman–Crippen LogP) is 3.17. The molecule has 1 N–H and O–H groups in total. The Bertz CT molecular complexity index is 324. The Morgan fingerprint density at radius 2 is 1.53 bits per heavy atom. The molecule has 0 heterocycles. The molecule has 0 atom stereocenters. The Labute approximate surface area is 105 Å². The van der Waals surface area contributed by atoms with Crippen LogP contribution in [0.3, 0.4) is 0 Å². The number of likely N-dealkylation sites (N-methyl/N-ethyl adjacent to an activating group) is 1. The first-order valence-electron chi connectivity index (χ1n) is 6.36.